The third kappa shape index (κ3) is 2.13. The fourth-order valence-corrected chi connectivity index (χ4v) is 4.69. The number of hydrogen-bond donors (Lipinski definition) is 1. The lowest BCUT2D eigenvalue weighted by molar-refractivity contribution is 0.231. The van der Waals surface area contributed by atoms with Gasteiger partial charge in [0.1, 0.15) is 0 Å². The minimum absolute atomic E-state index is 0.221. The second-order valence-electron chi connectivity index (χ2n) is 8.61. The molecule has 0 bridgehead atoms. The predicted molar refractivity (Wildman–Crippen MR) is 84.9 cm³/mol. The average molecular weight is 274 g/mol. The Morgan fingerprint density at radius 2 is 1.95 bits per heavy atom. The second kappa shape index (κ2) is 4.37. The number of rotatable bonds is 1. The zero-order valence-corrected chi connectivity index (χ0v) is 13.8. The molecule has 112 valence electrons. The van der Waals surface area contributed by atoms with Crippen LogP contribution in [0.1, 0.15) is 82.4 Å². The van der Waals surface area contributed by atoms with Crippen LogP contribution in [0.5, 0.6) is 0 Å². The van der Waals surface area contributed by atoms with Crippen molar-refractivity contribution in [3.05, 3.63) is 23.0 Å². The molecule has 0 spiro atoms. The monoisotopic (exact) mass is 274 g/mol. The van der Waals surface area contributed by atoms with Crippen molar-refractivity contribution in [2.45, 2.75) is 78.8 Å². The molecule has 1 fully saturated rings. The van der Waals surface area contributed by atoms with E-state index >= 15 is 0 Å². The predicted octanol–water partition coefficient (Wildman–Crippen LogP) is 4.52. The van der Waals surface area contributed by atoms with Crippen molar-refractivity contribution < 1.29 is 0 Å². The van der Waals surface area contributed by atoms with Crippen LogP contribution in [-0.4, -0.2) is 4.57 Å². The van der Waals surface area contributed by atoms with Crippen molar-refractivity contribution in [1.29, 1.82) is 0 Å². The standard InChI is InChI=1S/C18H30N2/c1-12-9-13-14(19)10-17(2,3)11-15(13)20(12)16-7-6-8-18(16,4)5/h9,14,16H,6-8,10-11,19H2,1-5H3. The van der Waals surface area contributed by atoms with Gasteiger partial charge in [-0.1, -0.05) is 34.1 Å². The summed E-state index contributed by atoms with van der Waals surface area (Å²) in [6.45, 7) is 11.9. The Morgan fingerprint density at radius 3 is 2.55 bits per heavy atom. The molecule has 1 aromatic heterocycles. The lowest BCUT2D eigenvalue weighted by Crippen LogP contribution is -2.32. The smallest absolute Gasteiger partial charge is 0.0386 e. The first kappa shape index (κ1) is 14.2. The van der Waals surface area contributed by atoms with Gasteiger partial charge >= 0.3 is 0 Å². The van der Waals surface area contributed by atoms with Crippen molar-refractivity contribution >= 4 is 0 Å². The minimum atomic E-state index is 0.221. The van der Waals surface area contributed by atoms with Gasteiger partial charge in [0.15, 0.2) is 0 Å². The van der Waals surface area contributed by atoms with Gasteiger partial charge in [0, 0.05) is 23.5 Å². The lowest BCUT2D eigenvalue weighted by atomic mass is 9.74. The summed E-state index contributed by atoms with van der Waals surface area (Å²) >= 11 is 0. The van der Waals surface area contributed by atoms with Crippen LogP contribution in [0.2, 0.25) is 0 Å². The van der Waals surface area contributed by atoms with Gasteiger partial charge in [-0.15, -0.1) is 0 Å². The highest BCUT2D eigenvalue weighted by Crippen LogP contribution is 2.50. The van der Waals surface area contributed by atoms with Crippen LogP contribution >= 0.6 is 0 Å². The van der Waals surface area contributed by atoms with Gasteiger partial charge in [-0.25, -0.2) is 0 Å². The summed E-state index contributed by atoms with van der Waals surface area (Å²) in [6.07, 6.45) is 6.32. The molecular formula is C18H30N2. The Balaban J connectivity index is 2.10. The fourth-order valence-electron chi connectivity index (χ4n) is 4.69. The van der Waals surface area contributed by atoms with Crippen molar-refractivity contribution in [3.63, 3.8) is 0 Å². The first-order valence-electron chi connectivity index (χ1n) is 8.17. The zero-order valence-electron chi connectivity index (χ0n) is 13.8. The van der Waals surface area contributed by atoms with Crippen LogP contribution < -0.4 is 5.73 Å². The van der Waals surface area contributed by atoms with Gasteiger partial charge in [0.05, 0.1) is 0 Å². The third-order valence-electron chi connectivity index (χ3n) is 5.70. The molecule has 1 saturated carbocycles. The Bertz CT molecular complexity index is 522. The molecule has 2 atom stereocenters. The number of aryl methyl sites for hydroxylation is 1. The van der Waals surface area contributed by atoms with Crippen LogP contribution in [0.15, 0.2) is 6.07 Å². The van der Waals surface area contributed by atoms with Crippen molar-refractivity contribution in [3.8, 4) is 0 Å². The van der Waals surface area contributed by atoms with E-state index in [9.17, 15) is 0 Å². The van der Waals surface area contributed by atoms with Crippen LogP contribution in [0.3, 0.4) is 0 Å². The van der Waals surface area contributed by atoms with Crippen LogP contribution in [0, 0.1) is 17.8 Å². The van der Waals surface area contributed by atoms with E-state index in [4.69, 9.17) is 5.73 Å². The molecule has 1 heterocycles. The Kier molecular flexibility index (Phi) is 3.10. The molecule has 20 heavy (non-hydrogen) atoms. The summed E-state index contributed by atoms with van der Waals surface area (Å²) in [7, 11) is 0. The highest BCUT2D eigenvalue weighted by molar-refractivity contribution is 5.35. The van der Waals surface area contributed by atoms with Crippen LogP contribution in [0.25, 0.3) is 0 Å². The molecular weight excluding hydrogens is 244 g/mol. The molecule has 0 saturated heterocycles. The molecule has 0 amide bonds. The summed E-state index contributed by atoms with van der Waals surface area (Å²) in [4.78, 5) is 0. The molecule has 0 aromatic carbocycles. The van der Waals surface area contributed by atoms with E-state index in [-0.39, 0.29) is 6.04 Å². The third-order valence-corrected chi connectivity index (χ3v) is 5.70. The molecule has 2 nitrogen and oxygen atoms in total. The molecule has 2 heteroatoms. The molecule has 2 aliphatic rings. The summed E-state index contributed by atoms with van der Waals surface area (Å²) in [5.41, 5.74) is 11.6. The van der Waals surface area contributed by atoms with Gasteiger partial charge in [-0.05, 0) is 55.1 Å². The molecule has 1 aromatic rings. The Morgan fingerprint density at radius 1 is 1.25 bits per heavy atom. The highest BCUT2D eigenvalue weighted by Gasteiger charge is 2.40. The van der Waals surface area contributed by atoms with Crippen molar-refractivity contribution in [1.82, 2.24) is 4.57 Å². The SMILES string of the molecule is Cc1cc2c(n1C1CCCC1(C)C)CC(C)(C)CC2N. The molecule has 2 aliphatic carbocycles. The first-order chi connectivity index (χ1) is 9.21. The van der Waals surface area contributed by atoms with E-state index in [1.54, 1.807) is 0 Å². The minimum Gasteiger partial charge on any atom is -0.345 e. The van der Waals surface area contributed by atoms with Crippen molar-refractivity contribution in [2.75, 3.05) is 0 Å². The maximum Gasteiger partial charge on any atom is 0.0386 e. The Labute approximate surface area is 123 Å². The normalized spacial score (nSPS) is 31.3. The summed E-state index contributed by atoms with van der Waals surface area (Å²) in [6, 6.07) is 3.24. The van der Waals surface area contributed by atoms with E-state index in [1.165, 1.54) is 42.6 Å². The van der Waals surface area contributed by atoms with Gasteiger partial charge in [-0.2, -0.15) is 0 Å². The Hall–Kier alpha value is -0.760. The number of aromatic nitrogens is 1. The van der Waals surface area contributed by atoms with Gasteiger partial charge in [-0.3, -0.25) is 0 Å². The highest BCUT2D eigenvalue weighted by atomic mass is 15.1. The van der Waals surface area contributed by atoms with Gasteiger partial charge < -0.3 is 10.3 Å². The number of hydrogen-bond acceptors (Lipinski definition) is 1. The lowest BCUT2D eigenvalue weighted by Gasteiger charge is -2.38. The quantitative estimate of drug-likeness (QED) is 0.802. The molecule has 3 rings (SSSR count). The topological polar surface area (TPSA) is 30.9 Å². The number of nitrogens with zero attached hydrogens (tertiary/aromatic N) is 1. The number of fused-ring (bicyclic) bond motifs is 1. The van der Waals surface area contributed by atoms with Gasteiger partial charge in [0.25, 0.3) is 0 Å². The zero-order chi connectivity index (χ0) is 14.7. The van der Waals surface area contributed by atoms with Gasteiger partial charge in [0.2, 0.25) is 0 Å². The summed E-state index contributed by atoms with van der Waals surface area (Å²) in [5, 5.41) is 0. The van der Waals surface area contributed by atoms with E-state index in [1.807, 2.05) is 0 Å². The van der Waals surface area contributed by atoms with Crippen molar-refractivity contribution in [2.24, 2.45) is 16.6 Å². The second-order valence-corrected chi connectivity index (χ2v) is 8.61. The molecule has 0 aliphatic heterocycles. The molecule has 0 radical (unpaired) electrons. The summed E-state index contributed by atoms with van der Waals surface area (Å²) in [5.74, 6) is 0. The van der Waals surface area contributed by atoms with Crippen LogP contribution in [-0.2, 0) is 6.42 Å². The van der Waals surface area contributed by atoms with E-state index < -0.39 is 0 Å². The van der Waals surface area contributed by atoms with Crippen LogP contribution in [0.4, 0.5) is 0 Å². The van der Waals surface area contributed by atoms with E-state index in [0.29, 0.717) is 16.9 Å². The van der Waals surface area contributed by atoms with E-state index in [0.717, 1.165) is 6.42 Å². The molecule has 2 unspecified atom stereocenters. The largest absolute Gasteiger partial charge is 0.345 e. The summed E-state index contributed by atoms with van der Waals surface area (Å²) < 4.78 is 2.66. The van der Waals surface area contributed by atoms with E-state index in [2.05, 4.69) is 45.3 Å². The molecule has 2 N–H and O–H groups in total. The fraction of sp³-hybridized carbons (Fsp3) is 0.778. The maximum absolute atomic E-state index is 6.46. The maximum atomic E-state index is 6.46. The average Bonchev–Trinajstić information content (AvgIpc) is 2.77. The number of nitrogens with two attached hydrogens (primary N) is 1. The first-order valence-corrected chi connectivity index (χ1v) is 8.17.